The summed E-state index contributed by atoms with van der Waals surface area (Å²) < 4.78 is 4.74. The first-order valence-electron chi connectivity index (χ1n) is 4.78. The molecule has 16 heavy (non-hydrogen) atoms. The van der Waals surface area contributed by atoms with E-state index in [1.165, 1.54) is 25.1 Å². The number of phenols is 1. The fraction of sp³-hybridized carbons (Fsp3) is 0.364. The van der Waals surface area contributed by atoms with Crippen molar-refractivity contribution in [2.45, 2.75) is 19.4 Å². The normalized spacial score (nSPS) is 14.2. The lowest BCUT2D eigenvalue weighted by Crippen LogP contribution is -2.34. The molecule has 1 atom stereocenters. The second-order valence-corrected chi connectivity index (χ2v) is 3.86. The number of benzene rings is 1. The maximum Gasteiger partial charge on any atom is 0.342 e. The van der Waals surface area contributed by atoms with Gasteiger partial charge in [0.1, 0.15) is 5.75 Å². The lowest BCUT2D eigenvalue weighted by Gasteiger charge is -2.22. The van der Waals surface area contributed by atoms with E-state index in [1.807, 2.05) is 0 Å². The molecule has 0 spiro atoms. The zero-order valence-corrected chi connectivity index (χ0v) is 9.78. The minimum absolute atomic E-state index is 0.0339. The van der Waals surface area contributed by atoms with Crippen molar-refractivity contribution < 1.29 is 19.7 Å². The Morgan fingerprint density at radius 3 is 2.69 bits per heavy atom. The summed E-state index contributed by atoms with van der Waals surface area (Å²) in [7, 11) is 0. The van der Waals surface area contributed by atoms with Gasteiger partial charge >= 0.3 is 5.97 Å². The summed E-state index contributed by atoms with van der Waals surface area (Å²) in [5.41, 5.74) is -1.62. The van der Waals surface area contributed by atoms with Crippen molar-refractivity contribution in [2.75, 3.05) is 6.61 Å². The van der Waals surface area contributed by atoms with Crippen molar-refractivity contribution in [1.82, 2.24) is 0 Å². The fourth-order valence-corrected chi connectivity index (χ4v) is 1.64. The molecule has 0 saturated carbocycles. The predicted molar refractivity (Wildman–Crippen MR) is 59.3 cm³/mol. The van der Waals surface area contributed by atoms with Gasteiger partial charge < -0.3 is 14.9 Å². The monoisotopic (exact) mass is 244 g/mol. The van der Waals surface area contributed by atoms with Gasteiger partial charge in [-0.1, -0.05) is 17.7 Å². The number of halogens is 1. The molecule has 0 aliphatic rings. The summed E-state index contributed by atoms with van der Waals surface area (Å²) in [5.74, 6) is -0.809. The van der Waals surface area contributed by atoms with Gasteiger partial charge in [0.25, 0.3) is 0 Å². The van der Waals surface area contributed by atoms with Crippen molar-refractivity contribution in [3.8, 4) is 5.75 Å². The van der Waals surface area contributed by atoms with Gasteiger partial charge in [0.05, 0.1) is 11.6 Å². The standard InChI is InChI=1S/C11H13ClO4/c1-3-16-10(14)11(2,15)8-5-4-7(13)6-9(8)12/h4-6,13,15H,3H2,1-2H3. The Hall–Kier alpha value is -1.26. The number of hydrogen-bond donors (Lipinski definition) is 2. The Balaban J connectivity index is 3.11. The first kappa shape index (κ1) is 12.8. The topological polar surface area (TPSA) is 66.8 Å². The van der Waals surface area contributed by atoms with Crippen LogP contribution in [0.15, 0.2) is 18.2 Å². The summed E-state index contributed by atoms with van der Waals surface area (Å²) in [6.07, 6.45) is 0. The van der Waals surface area contributed by atoms with E-state index in [9.17, 15) is 9.90 Å². The number of esters is 1. The number of aliphatic hydroxyl groups is 1. The van der Waals surface area contributed by atoms with Crippen LogP contribution < -0.4 is 0 Å². The molecule has 1 unspecified atom stereocenters. The molecule has 0 bridgehead atoms. The number of ether oxygens (including phenoxy) is 1. The molecule has 0 amide bonds. The SMILES string of the molecule is CCOC(=O)C(C)(O)c1ccc(O)cc1Cl. The zero-order valence-electron chi connectivity index (χ0n) is 9.03. The smallest absolute Gasteiger partial charge is 0.342 e. The van der Waals surface area contributed by atoms with E-state index in [1.54, 1.807) is 6.92 Å². The first-order chi connectivity index (χ1) is 7.39. The van der Waals surface area contributed by atoms with Crippen LogP contribution in [0.25, 0.3) is 0 Å². The highest BCUT2D eigenvalue weighted by atomic mass is 35.5. The molecule has 5 heteroatoms. The second kappa shape index (κ2) is 4.72. The van der Waals surface area contributed by atoms with E-state index < -0.39 is 11.6 Å². The minimum Gasteiger partial charge on any atom is -0.508 e. The molecular weight excluding hydrogens is 232 g/mol. The van der Waals surface area contributed by atoms with Crippen LogP contribution in [0.3, 0.4) is 0 Å². The Bertz CT molecular complexity index is 401. The van der Waals surface area contributed by atoms with Gasteiger partial charge in [-0.2, -0.15) is 0 Å². The van der Waals surface area contributed by atoms with E-state index in [0.717, 1.165) is 0 Å². The van der Waals surface area contributed by atoms with E-state index >= 15 is 0 Å². The molecule has 0 saturated heterocycles. The summed E-state index contributed by atoms with van der Waals surface area (Å²) in [5, 5.41) is 19.3. The van der Waals surface area contributed by atoms with Gasteiger partial charge in [0.15, 0.2) is 5.60 Å². The van der Waals surface area contributed by atoms with Crippen molar-refractivity contribution in [3.05, 3.63) is 28.8 Å². The molecule has 0 heterocycles. The Morgan fingerprint density at radius 2 is 2.19 bits per heavy atom. The number of hydrogen-bond acceptors (Lipinski definition) is 4. The Labute approximate surface area is 98.4 Å². The highest BCUT2D eigenvalue weighted by Crippen LogP contribution is 2.31. The van der Waals surface area contributed by atoms with Gasteiger partial charge in [-0.05, 0) is 26.0 Å². The van der Waals surface area contributed by atoms with Crippen LogP contribution in [0.2, 0.25) is 5.02 Å². The van der Waals surface area contributed by atoms with E-state index in [-0.39, 0.29) is 22.9 Å². The number of carbonyl (C=O) groups is 1. The number of rotatable bonds is 3. The van der Waals surface area contributed by atoms with Crippen molar-refractivity contribution in [2.24, 2.45) is 0 Å². The minimum atomic E-state index is -1.82. The van der Waals surface area contributed by atoms with Gasteiger partial charge in [0.2, 0.25) is 0 Å². The average molecular weight is 245 g/mol. The molecule has 0 aromatic heterocycles. The molecule has 0 aliphatic heterocycles. The van der Waals surface area contributed by atoms with Crippen LogP contribution in [-0.2, 0) is 15.1 Å². The highest BCUT2D eigenvalue weighted by Gasteiger charge is 2.35. The van der Waals surface area contributed by atoms with Crippen molar-refractivity contribution >= 4 is 17.6 Å². The summed E-state index contributed by atoms with van der Waals surface area (Å²) in [6.45, 7) is 3.11. The van der Waals surface area contributed by atoms with Crippen LogP contribution in [0.4, 0.5) is 0 Å². The summed E-state index contributed by atoms with van der Waals surface area (Å²) >= 11 is 5.83. The van der Waals surface area contributed by atoms with E-state index in [2.05, 4.69) is 0 Å². The van der Waals surface area contributed by atoms with Crippen molar-refractivity contribution in [1.29, 1.82) is 0 Å². The summed E-state index contributed by atoms with van der Waals surface area (Å²) in [6, 6.07) is 3.98. The lowest BCUT2D eigenvalue weighted by atomic mass is 9.96. The third kappa shape index (κ3) is 2.46. The van der Waals surface area contributed by atoms with Crippen LogP contribution in [0.1, 0.15) is 19.4 Å². The largest absolute Gasteiger partial charge is 0.508 e. The Kier molecular flexibility index (Phi) is 3.78. The average Bonchev–Trinajstić information content (AvgIpc) is 2.17. The number of carbonyl (C=O) groups excluding carboxylic acids is 1. The quantitative estimate of drug-likeness (QED) is 0.796. The van der Waals surface area contributed by atoms with Gasteiger partial charge in [-0.15, -0.1) is 0 Å². The summed E-state index contributed by atoms with van der Waals surface area (Å²) in [4.78, 5) is 11.5. The van der Waals surface area contributed by atoms with E-state index in [4.69, 9.17) is 21.4 Å². The molecule has 0 aliphatic carbocycles. The third-order valence-corrected chi connectivity index (χ3v) is 2.46. The number of phenolic OH excluding ortho intramolecular Hbond substituents is 1. The van der Waals surface area contributed by atoms with Crippen LogP contribution >= 0.6 is 11.6 Å². The van der Waals surface area contributed by atoms with Gasteiger partial charge in [-0.3, -0.25) is 0 Å². The third-order valence-electron chi connectivity index (χ3n) is 2.15. The molecular formula is C11H13ClO4. The molecule has 1 aromatic rings. The molecule has 1 rings (SSSR count). The maximum atomic E-state index is 11.5. The van der Waals surface area contributed by atoms with Crippen LogP contribution in [-0.4, -0.2) is 22.8 Å². The first-order valence-corrected chi connectivity index (χ1v) is 5.16. The predicted octanol–water partition coefficient (Wildman–Crippen LogP) is 1.82. The van der Waals surface area contributed by atoms with Crippen LogP contribution in [0, 0.1) is 0 Å². The highest BCUT2D eigenvalue weighted by molar-refractivity contribution is 6.31. The molecule has 0 radical (unpaired) electrons. The zero-order chi connectivity index (χ0) is 12.3. The molecule has 2 N–H and O–H groups in total. The number of aromatic hydroxyl groups is 1. The molecule has 1 aromatic carbocycles. The van der Waals surface area contributed by atoms with Crippen molar-refractivity contribution in [3.63, 3.8) is 0 Å². The molecule has 0 fully saturated rings. The molecule has 88 valence electrons. The molecule has 4 nitrogen and oxygen atoms in total. The van der Waals surface area contributed by atoms with Crippen LogP contribution in [0.5, 0.6) is 5.75 Å². The fourth-order valence-electron chi connectivity index (χ4n) is 1.28. The van der Waals surface area contributed by atoms with Gasteiger partial charge in [-0.25, -0.2) is 4.79 Å². The second-order valence-electron chi connectivity index (χ2n) is 3.46. The van der Waals surface area contributed by atoms with E-state index in [0.29, 0.717) is 0 Å². The maximum absolute atomic E-state index is 11.5. The lowest BCUT2D eigenvalue weighted by molar-refractivity contribution is -0.164. The van der Waals surface area contributed by atoms with Gasteiger partial charge in [0, 0.05) is 5.56 Å². The Morgan fingerprint density at radius 1 is 1.56 bits per heavy atom.